The lowest BCUT2D eigenvalue weighted by atomic mass is 9.93. The second-order valence-corrected chi connectivity index (χ2v) is 5.81. The van der Waals surface area contributed by atoms with Gasteiger partial charge in [-0.1, -0.05) is 6.92 Å². The van der Waals surface area contributed by atoms with E-state index in [1.807, 2.05) is 0 Å². The lowest BCUT2D eigenvalue weighted by Crippen LogP contribution is -2.56. The molecule has 1 aliphatic rings. The number of rotatable bonds is 5. The maximum absolute atomic E-state index is 11.1. The summed E-state index contributed by atoms with van der Waals surface area (Å²) < 4.78 is 0. The Morgan fingerprint density at radius 3 is 2.67 bits per heavy atom. The monoisotopic (exact) mass is 257 g/mol. The summed E-state index contributed by atoms with van der Waals surface area (Å²) in [4.78, 5) is 15.8. The molecule has 3 N–H and O–H groups in total. The molecule has 5 heteroatoms. The average molecular weight is 257 g/mol. The fraction of sp³-hybridized carbons (Fsp3) is 0.923. The van der Waals surface area contributed by atoms with Crippen LogP contribution in [0.2, 0.25) is 0 Å². The zero-order valence-corrected chi connectivity index (χ0v) is 12.0. The van der Waals surface area contributed by atoms with E-state index in [2.05, 4.69) is 30.7 Å². The Morgan fingerprint density at radius 2 is 2.17 bits per heavy atom. The summed E-state index contributed by atoms with van der Waals surface area (Å²) in [7, 11) is 2.15. The lowest BCUT2D eigenvalue weighted by Gasteiger charge is -2.43. The molecule has 1 heterocycles. The van der Waals surface area contributed by atoms with E-state index < -0.39 is 11.5 Å². The van der Waals surface area contributed by atoms with E-state index in [1.165, 1.54) is 0 Å². The number of likely N-dealkylation sites (N-methyl/N-ethyl adjacent to an activating group) is 1. The highest BCUT2D eigenvalue weighted by Gasteiger charge is 2.34. The van der Waals surface area contributed by atoms with Crippen LogP contribution in [0.5, 0.6) is 0 Å². The number of carboxylic acid groups (broad SMARTS) is 1. The normalized spacial score (nSPS) is 27.7. The zero-order valence-electron chi connectivity index (χ0n) is 12.0. The Bertz CT molecular complexity index is 294. The molecule has 0 aliphatic carbocycles. The van der Waals surface area contributed by atoms with Gasteiger partial charge in [0, 0.05) is 31.7 Å². The van der Waals surface area contributed by atoms with Crippen molar-refractivity contribution in [3.8, 4) is 0 Å². The first-order valence-electron chi connectivity index (χ1n) is 6.74. The van der Waals surface area contributed by atoms with E-state index >= 15 is 0 Å². The number of carbonyl (C=O) groups is 1. The van der Waals surface area contributed by atoms with Crippen molar-refractivity contribution < 1.29 is 9.90 Å². The van der Waals surface area contributed by atoms with Gasteiger partial charge in [-0.05, 0) is 33.7 Å². The fourth-order valence-corrected chi connectivity index (χ4v) is 2.64. The van der Waals surface area contributed by atoms with Gasteiger partial charge in [-0.15, -0.1) is 0 Å². The van der Waals surface area contributed by atoms with Gasteiger partial charge in [-0.25, -0.2) is 0 Å². The van der Waals surface area contributed by atoms with Gasteiger partial charge in [0.15, 0.2) is 0 Å². The quantitative estimate of drug-likeness (QED) is 0.754. The highest BCUT2D eigenvalue weighted by Crippen LogP contribution is 2.19. The molecule has 106 valence electrons. The first kappa shape index (κ1) is 15.4. The number of nitrogens with two attached hydrogens (primary N) is 1. The van der Waals surface area contributed by atoms with Crippen LogP contribution in [0.4, 0.5) is 0 Å². The summed E-state index contributed by atoms with van der Waals surface area (Å²) in [5.74, 6) is -0.921. The van der Waals surface area contributed by atoms with Gasteiger partial charge in [0.1, 0.15) is 5.54 Å². The van der Waals surface area contributed by atoms with Gasteiger partial charge in [-0.3, -0.25) is 9.69 Å². The third-order valence-corrected chi connectivity index (χ3v) is 4.11. The zero-order chi connectivity index (χ0) is 13.9. The van der Waals surface area contributed by atoms with Crippen molar-refractivity contribution in [1.82, 2.24) is 9.80 Å². The van der Waals surface area contributed by atoms with Crippen LogP contribution in [0.25, 0.3) is 0 Å². The van der Waals surface area contributed by atoms with Crippen molar-refractivity contribution in [3.05, 3.63) is 0 Å². The van der Waals surface area contributed by atoms with Crippen LogP contribution in [0.15, 0.2) is 0 Å². The van der Waals surface area contributed by atoms with Gasteiger partial charge in [-0.2, -0.15) is 0 Å². The third-order valence-electron chi connectivity index (χ3n) is 4.11. The maximum atomic E-state index is 11.1. The summed E-state index contributed by atoms with van der Waals surface area (Å²) in [6, 6.07) is 0.772. The Labute approximate surface area is 110 Å². The molecule has 1 fully saturated rings. The smallest absolute Gasteiger partial charge is 0.323 e. The molecule has 1 rings (SSSR count). The number of nitrogens with zero attached hydrogens (tertiary/aromatic N) is 2. The predicted octanol–water partition coefficient (Wildman–Crippen LogP) is 0.593. The maximum Gasteiger partial charge on any atom is 0.323 e. The van der Waals surface area contributed by atoms with Crippen LogP contribution >= 0.6 is 0 Å². The number of carboxylic acids is 1. The van der Waals surface area contributed by atoms with E-state index in [-0.39, 0.29) is 6.04 Å². The molecule has 0 spiro atoms. The molecule has 1 aliphatic heterocycles. The minimum atomic E-state index is -1.13. The largest absolute Gasteiger partial charge is 0.480 e. The molecule has 3 unspecified atom stereocenters. The van der Waals surface area contributed by atoms with Crippen LogP contribution < -0.4 is 5.73 Å². The van der Waals surface area contributed by atoms with Crippen molar-refractivity contribution in [2.24, 2.45) is 5.73 Å². The molecule has 0 aromatic heterocycles. The summed E-state index contributed by atoms with van der Waals surface area (Å²) in [6.07, 6.45) is 1.61. The van der Waals surface area contributed by atoms with E-state index in [0.717, 1.165) is 26.1 Å². The second kappa shape index (κ2) is 5.99. The van der Waals surface area contributed by atoms with Crippen molar-refractivity contribution in [2.75, 3.05) is 26.7 Å². The van der Waals surface area contributed by atoms with Gasteiger partial charge in [0.05, 0.1) is 0 Å². The summed E-state index contributed by atoms with van der Waals surface area (Å²) >= 11 is 0. The van der Waals surface area contributed by atoms with Gasteiger partial charge in [0.25, 0.3) is 0 Å². The molecular weight excluding hydrogens is 230 g/mol. The first-order chi connectivity index (χ1) is 8.27. The van der Waals surface area contributed by atoms with Crippen molar-refractivity contribution in [3.63, 3.8) is 0 Å². The number of hydrogen-bond acceptors (Lipinski definition) is 4. The predicted molar refractivity (Wildman–Crippen MR) is 72.6 cm³/mol. The first-order valence-corrected chi connectivity index (χ1v) is 6.74. The molecule has 0 saturated carbocycles. The molecule has 0 aromatic rings. The molecule has 18 heavy (non-hydrogen) atoms. The van der Waals surface area contributed by atoms with E-state index in [0.29, 0.717) is 12.5 Å². The van der Waals surface area contributed by atoms with E-state index in [1.54, 1.807) is 6.92 Å². The number of piperazine rings is 1. The van der Waals surface area contributed by atoms with Crippen molar-refractivity contribution in [1.29, 1.82) is 0 Å². The fourth-order valence-electron chi connectivity index (χ4n) is 2.64. The standard InChI is InChI=1S/C13H27N3O2/c1-5-11-9-16(7-6-15(11)4)10(2)8-13(3,14)12(17)18/h10-11H,5-9,14H2,1-4H3,(H,17,18). The minimum Gasteiger partial charge on any atom is -0.480 e. The molecule has 1 saturated heterocycles. The van der Waals surface area contributed by atoms with Gasteiger partial charge in [0.2, 0.25) is 0 Å². The Morgan fingerprint density at radius 1 is 1.56 bits per heavy atom. The van der Waals surface area contributed by atoms with Crippen LogP contribution in [-0.4, -0.2) is 65.2 Å². The highest BCUT2D eigenvalue weighted by atomic mass is 16.4. The van der Waals surface area contributed by atoms with Gasteiger partial charge < -0.3 is 15.7 Å². The highest BCUT2D eigenvalue weighted by molar-refractivity contribution is 5.77. The SMILES string of the molecule is CCC1CN(C(C)CC(C)(N)C(=O)O)CCN1C. The minimum absolute atomic E-state index is 0.207. The van der Waals surface area contributed by atoms with Crippen LogP contribution in [0.1, 0.15) is 33.6 Å². The Hall–Kier alpha value is -0.650. The molecule has 0 radical (unpaired) electrons. The summed E-state index contributed by atoms with van der Waals surface area (Å²) in [5.41, 5.74) is 4.69. The number of aliphatic carboxylic acids is 1. The molecule has 0 bridgehead atoms. The molecular formula is C13H27N3O2. The van der Waals surface area contributed by atoms with Crippen LogP contribution in [0, 0.1) is 0 Å². The average Bonchev–Trinajstić information content (AvgIpc) is 2.28. The molecule has 0 aromatic carbocycles. The number of hydrogen-bond donors (Lipinski definition) is 2. The topological polar surface area (TPSA) is 69.8 Å². The van der Waals surface area contributed by atoms with E-state index in [4.69, 9.17) is 10.8 Å². The van der Waals surface area contributed by atoms with E-state index in [9.17, 15) is 4.79 Å². The molecule has 3 atom stereocenters. The summed E-state index contributed by atoms with van der Waals surface area (Å²) in [6.45, 7) is 8.90. The van der Waals surface area contributed by atoms with Crippen LogP contribution in [0.3, 0.4) is 0 Å². The lowest BCUT2D eigenvalue weighted by molar-refractivity contribution is -0.143. The van der Waals surface area contributed by atoms with Crippen LogP contribution in [-0.2, 0) is 4.79 Å². The van der Waals surface area contributed by atoms with Crippen molar-refractivity contribution >= 4 is 5.97 Å². The second-order valence-electron chi connectivity index (χ2n) is 5.81. The Balaban J connectivity index is 2.57. The molecule has 0 amide bonds. The van der Waals surface area contributed by atoms with Crippen molar-refractivity contribution in [2.45, 2.75) is 51.2 Å². The molecule has 5 nitrogen and oxygen atoms in total. The third kappa shape index (κ3) is 3.67. The van der Waals surface area contributed by atoms with Gasteiger partial charge >= 0.3 is 5.97 Å². The Kier molecular flexibility index (Phi) is 5.13. The summed E-state index contributed by atoms with van der Waals surface area (Å²) in [5, 5.41) is 9.08.